The van der Waals surface area contributed by atoms with E-state index in [2.05, 4.69) is 5.32 Å². The van der Waals surface area contributed by atoms with Gasteiger partial charge in [0.2, 0.25) is 5.91 Å². The van der Waals surface area contributed by atoms with E-state index in [1.807, 2.05) is 0 Å². The zero-order chi connectivity index (χ0) is 10.5. The highest BCUT2D eigenvalue weighted by Gasteiger charge is 2.37. The fraction of sp³-hybridized carbons (Fsp3) is 0.923. The summed E-state index contributed by atoms with van der Waals surface area (Å²) in [5.41, 5.74) is 0. The molecular formula is C13H23NO. The van der Waals surface area contributed by atoms with Gasteiger partial charge in [-0.15, -0.1) is 0 Å². The highest BCUT2D eigenvalue weighted by molar-refractivity contribution is 5.85. The Balaban J connectivity index is 1.78. The molecule has 2 nitrogen and oxygen atoms in total. The summed E-state index contributed by atoms with van der Waals surface area (Å²) < 4.78 is 0. The number of amides is 1. The molecule has 0 aromatic rings. The Hall–Kier alpha value is -0.530. The molecule has 1 saturated carbocycles. The van der Waals surface area contributed by atoms with E-state index >= 15 is 0 Å². The van der Waals surface area contributed by atoms with Crippen LogP contribution in [-0.2, 0) is 4.79 Å². The topological polar surface area (TPSA) is 29.1 Å². The van der Waals surface area contributed by atoms with Gasteiger partial charge in [0, 0.05) is 6.04 Å². The van der Waals surface area contributed by atoms with E-state index in [0.29, 0.717) is 17.9 Å². The van der Waals surface area contributed by atoms with Gasteiger partial charge in [-0.05, 0) is 12.8 Å². The molecule has 0 bridgehead atoms. The van der Waals surface area contributed by atoms with Crippen LogP contribution in [0.5, 0.6) is 0 Å². The largest absolute Gasteiger partial charge is 0.352 e. The number of fused-ring (bicyclic) bond motifs is 1. The normalized spacial score (nSPS) is 34.0. The Bertz CT molecular complexity index is 215. The first-order chi connectivity index (χ1) is 7.38. The molecule has 1 N–H and O–H groups in total. The van der Waals surface area contributed by atoms with Crippen LogP contribution in [0.15, 0.2) is 0 Å². The minimum absolute atomic E-state index is 0.317. The lowest BCUT2D eigenvalue weighted by atomic mass is 9.82. The summed E-state index contributed by atoms with van der Waals surface area (Å²) in [6.45, 7) is 0. The molecular weight excluding hydrogens is 186 g/mol. The number of carbonyl (C=O) groups excluding carboxylic acids is 1. The van der Waals surface area contributed by atoms with Crippen LogP contribution in [0, 0.1) is 5.92 Å². The first-order valence-corrected chi connectivity index (χ1v) is 6.68. The second-order valence-electron chi connectivity index (χ2n) is 5.13. The molecule has 0 spiro atoms. The first-order valence-electron chi connectivity index (χ1n) is 6.68. The van der Waals surface area contributed by atoms with Gasteiger partial charge >= 0.3 is 0 Å². The fourth-order valence-electron chi connectivity index (χ4n) is 2.87. The van der Waals surface area contributed by atoms with Crippen LogP contribution in [-0.4, -0.2) is 11.9 Å². The number of carbonyl (C=O) groups is 1. The third kappa shape index (κ3) is 2.96. The molecule has 15 heavy (non-hydrogen) atoms. The lowest BCUT2D eigenvalue weighted by Gasteiger charge is -2.37. The zero-order valence-electron chi connectivity index (χ0n) is 9.63. The van der Waals surface area contributed by atoms with Crippen molar-refractivity contribution in [1.29, 1.82) is 0 Å². The Morgan fingerprint density at radius 2 is 1.33 bits per heavy atom. The van der Waals surface area contributed by atoms with Gasteiger partial charge in [0.15, 0.2) is 0 Å². The van der Waals surface area contributed by atoms with Crippen LogP contribution in [0.4, 0.5) is 0 Å². The van der Waals surface area contributed by atoms with Crippen molar-refractivity contribution in [3.8, 4) is 0 Å². The number of hydrogen-bond donors (Lipinski definition) is 1. The van der Waals surface area contributed by atoms with Gasteiger partial charge in [-0.25, -0.2) is 0 Å². The summed E-state index contributed by atoms with van der Waals surface area (Å²) >= 11 is 0. The van der Waals surface area contributed by atoms with E-state index in [4.69, 9.17) is 0 Å². The predicted molar refractivity (Wildman–Crippen MR) is 61.6 cm³/mol. The summed E-state index contributed by atoms with van der Waals surface area (Å²) in [7, 11) is 0. The van der Waals surface area contributed by atoms with E-state index < -0.39 is 0 Å². The molecule has 1 saturated heterocycles. The highest BCUT2D eigenvalue weighted by Crippen LogP contribution is 2.27. The van der Waals surface area contributed by atoms with Crippen LogP contribution in [0.2, 0.25) is 0 Å². The number of hydrogen-bond acceptors (Lipinski definition) is 1. The van der Waals surface area contributed by atoms with Crippen molar-refractivity contribution >= 4 is 5.91 Å². The maximum absolute atomic E-state index is 11.4. The maximum Gasteiger partial charge on any atom is 0.225 e. The second kappa shape index (κ2) is 5.53. The average Bonchev–Trinajstić information content (AvgIpc) is 2.22. The molecule has 0 aromatic carbocycles. The summed E-state index contributed by atoms with van der Waals surface area (Å²) in [4.78, 5) is 11.4. The fourth-order valence-corrected chi connectivity index (χ4v) is 2.87. The van der Waals surface area contributed by atoms with Crippen molar-refractivity contribution in [2.24, 2.45) is 5.92 Å². The van der Waals surface area contributed by atoms with E-state index in [0.717, 1.165) is 6.42 Å². The van der Waals surface area contributed by atoms with Gasteiger partial charge in [0.1, 0.15) is 0 Å². The standard InChI is InChI=1S/C13H23NO/c15-13-11-9-7-5-3-1-2-4-6-8-10-12(11)14-13/h11-12H,1-10H2,(H,14,15)/t11-,12+/m1/s1. The lowest BCUT2D eigenvalue weighted by molar-refractivity contribution is -0.135. The van der Waals surface area contributed by atoms with Crippen LogP contribution < -0.4 is 5.32 Å². The average molecular weight is 209 g/mol. The third-order valence-electron chi connectivity index (χ3n) is 3.93. The third-order valence-corrected chi connectivity index (χ3v) is 3.93. The van der Waals surface area contributed by atoms with E-state index in [9.17, 15) is 4.79 Å². The smallest absolute Gasteiger partial charge is 0.225 e. The van der Waals surface area contributed by atoms with Gasteiger partial charge in [-0.1, -0.05) is 51.4 Å². The number of nitrogens with one attached hydrogen (secondary N) is 1. The van der Waals surface area contributed by atoms with Crippen LogP contribution in [0.3, 0.4) is 0 Å². The highest BCUT2D eigenvalue weighted by atomic mass is 16.2. The van der Waals surface area contributed by atoms with Gasteiger partial charge in [0.05, 0.1) is 5.92 Å². The van der Waals surface area contributed by atoms with Crippen molar-refractivity contribution in [3.05, 3.63) is 0 Å². The summed E-state index contributed by atoms with van der Waals surface area (Å²) in [5, 5.41) is 3.06. The SMILES string of the molecule is O=C1N[C@H]2CCCCCCCCCC[C@@H]12. The van der Waals surface area contributed by atoms with Gasteiger partial charge in [-0.2, -0.15) is 0 Å². The van der Waals surface area contributed by atoms with Crippen LogP contribution >= 0.6 is 0 Å². The monoisotopic (exact) mass is 209 g/mol. The molecule has 2 atom stereocenters. The molecule has 1 heterocycles. The molecule has 0 unspecified atom stereocenters. The zero-order valence-corrected chi connectivity index (χ0v) is 9.63. The summed E-state index contributed by atoms with van der Waals surface area (Å²) in [6, 6.07) is 0.525. The van der Waals surface area contributed by atoms with E-state index in [-0.39, 0.29) is 0 Å². The maximum atomic E-state index is 11.4. The summed E-state index contributed by atoms with van der Waals surface area (Å²) in [6.07, 6.45) is 13.2. The second-order valence-corrected chi connectivity index (χ2v) is 5.13. The Morgan fingerprint density at radius 3 is 1.93 bits per heavy atom. The molecule has 1 amide bonds. The minimum atomic E-state index is 0.317. The predicted octanol–water partition coefficient (Wildman–Crippen LogP) is 3.02. The number of rotatable bonds is 0. The Morgan fingerprint density at radius 1 is 0.800 bits per heavy atom. The quantitative estimate of drug-likeness (QED) is 0.610. The lowest BCUT2D eigenvalue weighted by Crippen LogP contribution is -2.57. The van der Waals surface area contributed by atoms with Crippen molar-refractivity contribution in [2.75, 3.05) is 0 Å². The Kier molecular flexibility index (Phi) is 4.04. The van der Waals surface area contributed by atoms with Crippen molar-refractivity contribution in [2.45, 2.75) is 70.3 Å². The van der Waals surface area contributed by atoms with Gasteiger partial charge in [0.25, 0.3) is 0 Å². The van der Waals surface area contributed by atoms with Gasteiger partial charge < -0.3 is 5.32 Å². The Labute approximate surface area is 92.8 Å². The molecule has 0 aromatic heterocycles. The molecule has 86 valence electrons. The number of β-lactam (4-membered cyclic amide) rings is 1. The first kappa shape index (κ1) is 11.0. The van der Waals surface area contributed by atoms with Crippen LogP contribution in [0.25, 0.3) is 0 Å². The van der Waals surface area contributed by atoms with E-state index in [1.165, 1.54) is 57.8 Å². The summed E-state index contributed by atoms with van der Waals surface area (Å²) in [5.74, 6) is 0.682. The molecule has 1 aliphatic heterocycles. The van der Waals surface area contributed by atoms with Gasteiger partial charge in [-0.3, -0.25) is 4.79 Å². The minimum Gasteiger partial charge on any atom is -0.352 e. The van der Waals surface area contributed by atoms with Crippen molar-refractivity contribution in [1.82, 2.24) is 5.32 Å². The van der Waals surface area contributed by atoms with Crippen molar-refractivity contribution in [3.63, 3.8) is 0 Å². The molecule has 2 aliphatic rings. The molecule has 1 aliphatic carbocycles. The molecule has 2 heteroatoms. The van der Waals surface area contributed by atoms with Crippen LogP contribution in [0.1, 0.15) is 64.2 Å². The molecule has 0 radical (unpaired) electrons. The molecule has 2 fully saturated rings. The molecule has 2 rings (SSSR count). The van der Waals surface area contributed by atoms with E-state index in [1.54, 1.807) is 0 Å². The van der Waals surface area contributed by atoms with Crippen molar-refractivity contribution < 1.29 is 4.79 Å².